The Morgan fingerprint density at radius 3 is 2.43 bits per heavy atom. The third-order valence-corrected chi connectivity index (χ3v) is 6.99. The van der Waals surface area contributed by atoms with E-state index in [1.807, 2.05) is 0 Å². The molecule has 1 aliphatic heterocycles. The first-order valence-electron chi connectivity index (χ1n) is 10.5. The molecule has 2 atom stereocenters. The largest absolute Gasteiger partial charge is 0.451 e. The summed E-state index contributed by atoms with van der Waals surface area (Å²) in [5.74, 6) is -2.84. The number of nitrogens with one attached hydrogen (secondary N) is 1. The highest BCUT2D eigenvalue weighted by atomic mass is 32.2. The number of aromatic nitrogens is 2. The summed E-state index contributed by atoms with van der Waals surface area (Å²) in [4.78, 5) is 19.7. The Hall–Kier alpha value is -3.25. The van der Waals surface area contributed by atoms with Crippen LogP contribution in [-0.2, 0) is 28.5 Å². The second-order valence-electron chi connectivity index (χ2n) is 7.83. The smallest absolute Gasteiger partial charge is 0.351 e. The number of rotatable bonds is 6. The Morgan fingerprint density at radius 1 is 1.09 bits per heavy atom. The number of benzene rings is 2. The molecule has 1 fully saturated rings. The molecule has 1 saturated heterocycles. The molecule has 1 N–H and O–H groups in total. The molecule has 35 heavy (non-hydrogen) atoms. The number of carbonyl (C=O) groups is 1. The summed E-state index contributed by atoms with van der Waals surface area (Å²) in [6, 6.07) is 8.52. The molecule has 0 spiro atoms. The van der Waals surface area contributed by atoms with E-state index in [4.69, 9.17) is 0 Å². The Labute approximate surface area is 199 Å². The van der Waals surface area contributed by atoms with Crippen molar-refractivity contribution in [1.82, 2.24) is 19.6 Å². The summed E-state index contributed by atoms with van der Waals surface area (Å²) >= 11 is 0. The van der Waals surface area contributed by atoms with Crippen LogP contribution < -0.4 is 5.32 Å². The molecule has 0 bridgehead atoms. The topological polar surface area (TPSA) is 75.2 Å². The molecule has 2 heterocycles. The highest BCUT2D eigenvalue weighted by molar-refractivity contribution is 7.82. The molecule has 1 unspecified atom stereocenters. The van der Waals surface area contributed by atoms with Crippen LogP contribution in [0, 0.1) is 11.6 Å². The number of hydrogen-bond acceptors (Lipinski definition) is 4. The van der Waals surface area contributed by atoms with Crippen LogP contribution >= 0.6 is 0 Å². The molecule has 2 aromatic carbocycles. The summed E-state index contributed by atoms with van der Waals surface area (Å²) in [7, 11) is -1.64. The lowest BCUT2D eigenvalue weighted by atomic mass is 10.0. The van der Waals surface area contributed by atoms with Crippen molar-refractivity contribution in [3.63, 3.8) is 0 Å². The van der Waals surface area contributed by atoms with Crippen LogP contribution in [0.3, 0.4) is 0 Å². The van der Waals surface area contributed by atoms with Gasteiger partial charge < -0.3 is 5.32 Å². The minimum absolute atomic E-state index is 0.00891. The minimum atomic E-state index is -4.71. The summed E-state index contributed by atoms with van der Waals surface area (Å²) in [6.07, 6.45) is -1.80. The first-order valence-corrected chi connectivity index (χ1v) is 11.6. The van der Waals surface area contributed by atoms with Gasteiger partial charge in [0, 0.05) is 36.6 Å². The molecule has 3 aromatic rings. The van der Waals surface area contributed by atoms with Crippen LogP contribution in [0.15, 0.2) is 59.8 Å². The first kappa shape index (κ1) is 24.9. The van der Waals surface area contributed by atoms with Crippen molar-refractivity contribution in [2.24, 2.45) is 0 Å². The van der Waals surface area contributed by atoms with Gasteiger partial charge in [-0.15, -0.1) is 0 Å². The molecule has 0 aliphatic carbocycles. The maximum absolute atomic E-state index is 14.3. The molecule has 1 aromatic heterocycles. The van der Waals surface area contributed by atoms with Gasteiger partial charge in [0.25, 0.3) is 0 Å². The molecule has 12 heteroatoms. The van der Waals surface area contributed by atoms with Gasteiger partial charge >= 0.3 is 6.18 Å². The van der Waals surface area contributed by atoms with Gasteiger partial charge in [0.05, 0.1) is 4.90 Å². The fourth-order valence-corrected chi connectivity index (χ4v) is 5.08. The summed E-state index contributed by atoms with van der Waals surface area (Å²) in [6.45, 7) is 0.442. The normalized spacial score (nSPS) is 17.3. The maximum atomic E-state index is 14.3. The van der Waals surface area contributed by atoms with Gasteiger partial charge in [0.1, 0.15) is 28.7 Å². The average Bonchev–Trinajstić information content (AvgIpc) is 3.33. The van der Waals surface area contributed by atoms with E-state index in [0.717, 1.165) is 18.5 Å². The fraction of sp³-hybridized carbons (Fsp3) is 0.261. The Bertz CT molecular complexity index is 1240. The molecular weight excluding hydrogens is 491 g/mol. The van der Waals surface area contributed by atoms with Gasteiger partial charge in [-0.25, -0.2) is 27.3 Å². The van der Waals surface area contributed by atoms with Crippen LogP contribution in [0.5, 0.6) is 0 Å². The first-order chi connectivity index (χ1) is 16.6. The van der Waals surface area contributed by atoms with Gasteiger partial charge in [-0.3, -0.25) is 4.79 Å². The highest BCUT2D eigenvalue weighted by Crippen LogP contribution is 2.28. The lowest BCUT2D eigenvalue weighted by molar-refractivity contribution is -0.145. The minimum Gasteiger partial charge on any atom is -0.351 e. The quantitative estimate of drug-likeness (QED) is 0.504. The zero-order valence-electron chi connectivity index (χ0n) is 18.1. The third kappa shape index (κ3) is 5.70. The molecule has 1 aliphatic rings. The van der Waals surface area contributed by atoms with E-state index in [0.29, 0.717) is 29.8 Å². The van der Waals surface area contributed by atoms with E-state index in [2.05, 4.69) is 15.3 Å². The van der Waals surface area contributed by atoms with Crippen molar-refractivity contribution >= 4 is 16.9 Å². The number of nitrogens with zero attached hydrogens (tertiary/aromatic N) is 3. The zero-order valence-corrected chi connectivity index (χ0v) is 18.9. The van der Waals surface area contributed by atoms with Crippen molar-refractivity contribution in [1.29, 1.82) is 0 Å². The lowest BCUT2D eigenvalue weighted by Crippen LogP contribution is -2.43. The van der Waals surface area contributed by atoms with Crippen LogP contribution in [0.4, 0.5) is 22.0 Å². The van der Waals surface area contributed by atoms with E-state index in [9.17, 15) is 31.0 Å². The van der Waals surface area contributed by atoms with Crippen molar-refractivity contribution in [2.45, 2.75) is 36.5 Å². The van der Waals surface area contributed by atoms with Gasteiger partial charge in [-0.05, 0) is 54.8 Å². The highest BCUT2D eigenvalue weighted by Gasteiger charge is 2.35. The number of alkyl halides is 3. The Kier molecular flexibility index (Phi) is 7.22. The lowest BCUT2D eigenvalue weighted by Gasteiger charge is -2.22. The molecule has 0 saturated carbocycles. The van der Waals surface area contributed by atoms with Crippen molar-refractivity contribution in [3.8, 4) is 11.1 Å². The van der Waals surface area contributed by atoms with Gasteiger partial charge in [-0.1, -0.05) is 6.07 Å². The van der Waals surface area contributed by atoms with E-state index in [1.54, 1.807) is 0 Å². The van der Waals surface area contributed by atoms with Crippen molar-refractivity contribution < 1.29 is 31.0 Å². The maximum Gasteiger partial charge on any atom is 0.451 e. The number of hydrogen-bond donors (Lipinski definition) is 1. The van der Waals surface area contributed by atoms with Crippen LogP contribution in [0.2, 0.25) is 0 Å². The predicted molar refractivity (Wildman–Crippen MR) is 117 cm³/mol. The third-order valence-electron chi connectivity index (χ3n) is 5.45. The molecule has 184 valence electrons. The predicted octanol–water partition coefficient (Wildman–Crippen LogP) is 4.24. The fourth-order valence-electron chi connectivity index (χ4n) is 3.71. The zero-order chi connectivity index (χ0) is 25.2. The SMILES string of the molecule is O=C(NCc1ccc(F)c(-c2cnc(C(F)(F)F)nc2)c1)[C@@H]1CCCN1S(=O)c1ccc(F)cc1. The van der Waals surface area contributed by atoms with E-state index in [-0.39, 0.29) is 23.6 Å². The van der Waals surface area contributed by atoms with Crippen LogP contribution in [-0.4, -0.2) is 37.0 Å². The summed E-state index contributed by atoms with van der Waals surface area (Å²) in [5.41, 5.74) is 0.546. The van der Waals surface area contributed by atoms with Gasteiger partial charge in [0.2, 0.25) is 11.7 Å². The van der Waals surface area contributed by atoms with E-state index >= 15 is 0 Å². The number of amides is 1. The van der Waals surface area contributed by atoms with Gasteiger partial charge in [-0.2, -0.15) is 13.2 Å². The number of halogens is 5. The second-order valence-corrected chi connectivity index (χ2v) is 9.27. The average molecular weight is 510 g/mol. The van der Waals surface area contributed by atoms with E-state index in [1.165, 1.54) is 40.7 Å². The Balaban J connectivity index is 1.44. The number of carbonyl (C=O) groups excluding carboxylic acids is 1. The standard InChI is InChI=1S/C23H19F5N4O2S/c24-16-4-6-17(7-5-16)35(34)32-9-1-2-20(32)21(33)29-11-14-3-8-19(25)18(10-14)15-12-30-22(31-13-15)23(26,27)28/h3-8,10,12-13,20H,1-2,9,11H2,(H,29,33)/t20-,35?/m0/s1. The summed E-state index contributed by atoms with van der Waals surface area (Å²) < 4.78 is 80.0. The van der Waals surface area contributed by atoms with Crippen molar-refractivity contribution in [3.05, 3.63) is 77.9 Å². The molecule has 6 nitrogen and oxygen atoms in total. The monoisotopic (exact) mass is 510 g/mol. The summed E-state index contributed by atoms with van der Waals surface area (Å²) in [5, 5.41) is 2.74. The molecule has 4 rings (SSSR count). The van der Waals surface area contributed by atoms with Crippen molar-refractivity contribution in [2.75, 3.05) is 6.54 Å². The van der Waals surface area contributed by atoms with Gasteiger partial charge in [0.15, 0.2) is 0 Å². The molecular formula is C23H19F5N4O2S. The van der Waals surface area contributed by atoms with Crippen LogP contribution in [0.1, 0.15) is 24.2 Å². The second kappa shape index (κ2) is 10.2. The molecule has 1 amide bonds. The Morgan fingerprint density at radius 2 is 1.77 bits per heavy atom. The van der Waals surface area contributed by atoms with E-state index < -0.39 is 40.7 Å². The van der Waals surface area contributed by atoms with Crippen LogP contribution in [0.25, 0.3) is 11.1 Å². The molecule has 0 radical (unpaired) electrons.